The number of ether oxygens (including phenoxy) is 1. The minimum atomic E-state index is -3.62. The standard InChI is InChI=1S/C20H21FN2O4S3/c1-27-15-4-6-16(7-5-15)30(25,26)12-9-19(24)22-20-23(10-11-28-2)17-8-3-14(21)13-18(17)29-20/h3-8,13H,9-12H2,1-2H3. The summed E-state index contributed by atoms with van der Waals surface area (Å²) in [6, 6.07) is 10.5. The number of halogens is 1. The molecule has 0 aliphatic heterocycles. The molecule has 0 spiro atoms. The molecule has 160 valence electrons. The average Bonchev–Trinajstić information content (AvgIpc) is 3.06. The van der Waals surface area contributed by atoms with Gasteiger partial charge in [-0.2, -0.15) is 16.8 Å². The summed E-state index contributed by atoms with van der Waals surface area (Å²) in [5.74, 6) is 0.125. The van der Waals surface area contributed by atoms with Gasteiger partial charge in [-0.3, -0.25) is 4.79 Å². The van der Waals surface area contributed by atoms with Gasteiger partial charge in [-0.1, -0.05) is 11.3 Å². The van der Waals surface area contributed by atoms with Gasteiger partial charge in [0.1, 0.15) is 11.6 Å². The molecule has 0 saturated heterocycles. The number of carbonyl (C=O) groups excluding carboxylic acids is 1. The molecule has 1 heterocycles. The quantitative estimate of drug-likeness (QED) is 0.506. The van der Waals surface area contributed by atoms with Gasteiger partial charge in [0.15, 0.2) is 14.6 Å². The van der Waals surface area contributed by atoms with E-state index in [0.29, 0.717) is 21.8 Å². The molecular formula is C20H21FN2O4S3. The van der Waals surface area contributed by atoms with Gasteiger partial charge in [-0.15, -0.1) is 0 Å². The first-order valence-corrected chi connectivity index (χ1v) is 12.9. The molecule has 1 amide bonds. The molecule has 2 aromatic carbocycles. The van der Waals surface area contributed by atoms with Crippen molar-refractivity contribution < 1.29 is 22.3 Å². The second kappa shape index (κ2) is 9.76. The summed E-state index contributed by atoms with van der Waals surface area (Å²) < 4.78 is 46.1. The van der Waals surface area contributed by atoms with Crippen LogP contribution in [0.1, 0.15) is 6.42 Å². The number of aromatic nitrogens is 1. The highest BCUT2D eigenvalue weighted by Crippen LogP contribution is 2.20. The van der Waals surface area contributed by atoms with Crippen LogP contribution in [-0.4, -0.2) is 43.8 Å². The van der Waals surface area contributed by atoms with Gasteiger partial charge in [0.05, 0.1) is 28.0 Å². The van der Waals surface area contributed by atoms with Crippen molar-refractivity contribution in [2.24, 2.45) is 4.99 Å². The molecule has 0 saturated carbocycles. The predicted octanol–water partition coefficient (Wildman–Crippen LogP) is 3.50. The van der Waals surface area contributed by atoms with Gasteiger partial charge >= 0.3 is 0 Å². The first kappa shape index (κ1) is 22.5. The van der Waals surface area contributed by atoms with Crippen LogP contribution in [0.25, 0.3) is 10.2 Å². The maximum atomic E-state index is 13.6. The maximum absolute atomic E-state index is 13.6. The maximum Gasteiger partial charge on any atom is 0.249 e. The highest BCUT2D eigenvalue weighted by atomic mass is 32.2. The number of hydrogen-bond donors (Lipinski definition) is 0. The van der Waals surface area contributed by atoms with Crippen LogP contribution in [-0.2, 0) is 21.2 Å². The van der Waals surface area contributed by atoms with Crippen LogP contribution < -0.4 is 9.54 Å². The van der Waals surface area contributed by atoms with Crippen LogP contribution in [0.4, 0.5) is 4.39 Å². The van der Waals surface area contributed by atoms with Crippen LogP contribution in [0.3, 0.4) is 0 Å². The molecule has 0 N–H and O–H groups in total. The van der Waals surface area contributed by atoms with Crippen molar-refractivity contribution in [1.29, 1.82) is 0 Å². The molecule has 0 radical (unpaired) electrons. The Bertz CT molecular complexity index is 1220. The molecule has 0 aliphatic rings. The SMILES string of the molecule is COc1ccc(S(=O)(=O)CCC(=O)N=c2sc3cc(F)ccc3n2CCSC)cc1. The lowest BCUT2D eigenvalue weighted by atomic mass is 10.3. The number of benzene rings is 2. The van der Waals surface area contributed by atoms with Crippen LogP contribution in [0, 0.1) is 5.82 Å². The van der Waals surface area contributed by atoms with Crippen LogP contribution >= 0.6 is 23.1 Å². The van der Waals surface area contributed by atoms with Crippen LogP contribution in [0.5, 0.6) is 5.75 Å². The second-order valence-electron chi connectivity index (χ2n) is 6.39. The number of hydrogen-bond acceptors (Lipinski definition) is 6. The molecular weight excluding hydrogens is 447 g/mol. The minimum absolute atomic E-state index is 0.128. The third-order valence-electron chi connectivity index (χ3n) is 4.39. The Kier molecular flexibility index (Phi) is 7.32. The molecule has 3 rings (SSSR count). The molecule has 6 nitrogen and oxygen atoms in total. The number of thiazole rings is 1. The van der Waals surface area contributed by atoms with E-state index in [1.807, 2.05) is 10.8 Å². The van der Waals surface area contributed by atoms with Crippen molar-refractivity contribution in [2.45, 2.75) is 17.9 Å². The topological polar surface area (TPSA) is 77.7 Å². The molecule has 30 heavy (non-hydrogen) atoms. The van der Waals surface area contributed by atoms with Crippen molar-refractivity contribution in [3.63, 3.8) is 0 Å². The van der Waals surface area contributed by atoms with Gasteiger partial charge in [-0.25, -0.2) is 12.8 Å². The normalized spacial score (nSPS) is 12.4. The molecule has 1 aromatic heterocycles. The number of thioether (sulfide) groups is 1. The summed E-state index contributed by atoms with van der Waals surface area (Å²) in [7, 11) is -2.12. The first-order valence-electron chi connectivity index (χ1n) is 9.06. The summed E-state index contributed by atoms with van der Waals surface area (Å²) in [4.78, 5) is 17.1. The Hall–Kier alpha value is -2.17. The molecule has 0 fully saturated rings. The summed E-state index contributed by atoms with van der Waals surface area (Å²) >= 11 is 2.86. The number of methoxy groups -OCH3 is 1. The van der Waals surface area contributed by atoms with E-state index in [1.165, 1.54) is 42.7 Å². The van der Waals surface area contributed by atoms with E-state index in [2.05, 4.69) is 4.99 Å². The Balaban J connectivity index is 1.82. The fourth-order valence-electron chi connectivity index (χ4n) is 2.82. The third-order valence-corrected chi connectivity index (χ3v) is 7.75. The van der Waals surface area contributed by atoms with E-state index >= 15 is 0 Å². The van der Waals surface area contributed by atoms with Gasteiger partial charge in [0, 0.05) is 18.7 Å². The lowest BCUT2D eigenvalue weighted by Crippen LogP contribution is -2.19. The van der Waals surface area contributed by atoms with Crippen molar-refractivity contribution in [1.82, 2.24) is 4.57 Å². The van der Waals surface area contributed by atoms with Crippen molar-refractivity contribution in [3.05, 3.63) is 53.1 Å². The second-order valence-corrected chi connectivity index (χ2v) is 10.5. The number of fused-ring (bicyclic) bond motifs is 1. The predicted molar refractivity (Wildman–Crippen MR) is 118 cm³/mol. The number of sulfone groups is 1. The number of amides is 1. The molecule has 0 bridgehead atoms. The zero-order valence-electron chi connectivity index (χ0n) is 16.5. The minimum Gasteiger partial charge on any atom is -0.497 e. The molecule has 0 unspecified atom stereocenters. The van der Waals surface area contributed by atoms with Crippen molar-refractivity contribution in [2.75, 3.05) is 24.9 Å². The Labute approximate surface area is 182 Å². The fraction of sp³-hybridized carbons (Fsp3) is 0.300. The molecule has 3 aromatic rings. The zero-order chi connectivity index (χ0) is 21.7. The largest absolute Gasteiger partial charge is 0.497 e. The lowest BCUT2D eigenvalue weighted by Gasteiger charge is -2.05. The monoisotopic (exact) mass is 468 g/mol. The Morgan fingerprint density at radius 2 is 1.97 bits per heavy atom. The summed E-state index contributed by atoms with van der Waals surface area (Å²) in [5.41, 5.74) is 0.799. The lowest BCUT2D eigenvalue weighted by molar-refractivity contribution is -0.117. The zero-order valence-corrected chi connectivity index (χ0v) is 18.9. The molecule has 0 atom stereocenters. The highest BCUT2D eigenvalue weighted by Gasteiger charge is 2.17. The number of carbonyl (C=O) groups is 1. The van der Waals surface area contributed by atoms with Crippen LogP contribution in [0.2, 0.25) is 0 Å². The molecule has 0 aliphatic carbocycles. The van der Waals surface area contributed by atoms with Gasteiger partial charge < -0.3 is 9.30 Å². The number of rotatable bonds is 8. The Morgan fingerprint density at radius 3 is 2.63 bits per heavy atom. The first-order chi connectivity index (χ1) is 14.3. The van der Waals surface area contributed by atoms with Gasteiger partial charge in [0.2, 0.25) is 5.91 Å². The van der Waals surface area contributed by atoms with Gasteiger partial charge in [0.25, 0.3) is 0 Å². The summed E-state index contributed by atoms with van der Waals surface area (Å²) in [6.45, 7) is 0.614. The number of aryl methyl sites for hydroxylation is 1. The smallest absolute Gasteiger partial charge is 0.249 e. The summed E-state index contributed by atoms with van der Waals surface area (Å²) in [5, 5.41) is 0. The summed E-state index contributed by atoms with van der Waals surface area (Å²) in [6.07, 6.45) is 1.74. The Morgan fingerprint density at radius 1 is 1.23 bits per heavy atom. The fourth-order valence-corrected chi connectivity index (χ4v) is 5.51. The van der Waals surface area contributed by atoms with E-state index in [-0.39, 0.29) is 22.9 Å². The number of nitrogens with zero attached hydrogens (tertiary/aromatic N) is 2. The van der Waals surface area contributed by atoms with E-state index in [0.717, 1.165) is 11.3 Å². The van der Waals surface area contributed by atoms with E-state index in [1.54, 1.807) is 30.0 Å². The average molecular weight is 469 g/mol. The van der Waals surface area contributed by atoms with E-state index in [4.69, 9.17) is 4.74 Å². The molecule has 10 heteroatoms. The highest BCUT2D eigenvalue weighted by molar-refractivity contribution is 7.98. The third kappa shape index (κ3) is 5.30. The van der Waals surface area contributed by atoms with E-state index < -0.39 is 15.7 Å². The van der Waals surface area contributed by atoms with Crippen molar-refractivity contribution in [3.8, 4) is 5.75 Å². The van der Waals surface area contributed by atoms with Crippen LogP contribution in [0.15, 0.2) is 52.4 Å². The van der Waals surface area contributed by atoms with Gasteiger partial charge in [-0.05, 0) is 48.7 Å². The van der Waals surface area contributed by atoms with Crippen molar-refractivity contribution >= 4 is 49.1 Å². The van der Waals surface area contributed by atoms with E-state index in [9.17, 15) is 17.6 Å².